The fourth-order valence-corrected chi connectivity index (χ4v) is 2.43. The Kier molecular flexibility index (Phi) is 8.06. The summed E-state index contributed by atoms with van der Waals surface area (Å²) in [6.45, 7) is 5.04. The van der Waals surface area contributed by atoms with Gasteiger partial charge in [0.15, 0.2) is 9.84 Å². The van der Waals surface area contributed by atoms with Crippen molar-refractivity contribution in [2.45, 2.75) is 37.9 Å². The Hall–Kier alpha value is -1.37. The fourth-order valence-electron chi connectivity index (χ4n) is 1.41. The van der Waals surface area contributed by atoms with Crippen LogP contribution < -0.4 is 5.32 Å². The largest absolute Gasteiger partial charge is 0.481 e. The van der Waals surface area contributed by atoms with Gasteiger partial charge in [0.25, 0.3) is 0 Å². The van der Waals surface area contributed by atoms with Crippen molar-refractivity contribution in [3.05, 3.63) is 12.7 Å². The first-order valence-corrected chi connectivity index (χ1v) is 7.84. The fraction of sp³-hybridized carbons (Fsp3) is 0.667. The molecule has 0 aliphatic heterocycles. The van der Waals surface area contributed by atoms with E-state index < -0.39 is 27.0 Å². The van der Waals surface area contributed by atoms with Gasteiger partial charge in [-0.3, -0.25) is 9.59 Å². The summed E-state index contributed by atoms with van der Waals surface area (Å²) >= 11 is 0. The molecule has 0 heterocycles. The maximum absolute atomic E-state index is 11.6. The maximum Gasteiger partial charge on any atom is 0.303 e. The van der Waals surface area contributed by atoms with Gasteiger partial charge in [-0.15, -0.1) is 6.58 Å². The Morgan fingerprint density at radius 2 is 1.95 bits per heavy atom. The number of carbonyl (C=O) groups excluding carboxylic acids is 1. The second kappa shape index (κ2) is 8.68. The monoisotopic (exact) mass is 291 g/mol. The SMILES string of the molecule is C=CCS(=O)(=O)C(C)C(=O)NCCCCCC(=O)O. The minimum atomic E-state index is -3.48. The molecule has 0 aliphatic carbocycles. The lowest BCUT2D eigenvalue weighted by Gasteiger charge is -2.11. The number of sulfone groups is 1. The molecule has 7 heteroatoms. The molecule has 0 fully saturated rings. The molecule has 1 unspecified atom stereocenters. The number of hydrogen-bond donors (Lipinski definition) is 2. The Bertz CT molecular complexity index is 416. The van der Waals surface area contributed by atoms with Crippen LogP contribution in [0.5, 0.6) is 0 Å². The van der Waals surface area contributed by atoms with Crippen molar-refractivity contribution < 1.29 is 23.1 Å². The Morgan fingerprint density at radius 3 is 2.47 bits per heavy atom. The van der Waals surface area contributed by atoms with Crippen molar-refractivity contribution in [1.82, 2.24) is 5.32 Å². The van der Waals surface area contributed by atoms with Crippen molar-refractivity contribution in [2.24, 2.45) is 0 Å². The topological polar surface area (TPSA) is 101 Å². The molecule has 0 saturated heterocycles. The predicted molar refractivity (Wildman–Crippen MR) is 72.6 cm³/mol. The zero-order valence-corrected chi connectivity index (χ0v) is 11.9. The number of nitrogens with one attached hydrogen (secondary N) is 1. The van der Waals surface area contributed by atoms with Crippen LogP contribution in [0.2, 0.25) is 0 Å². The van der Waals surface area contributed by atoms with Gasteiger partial charge in [-0.25, -0.2) is 8.42 Å². The number of carboxylic acid groups (broad SMARTS) is 1. The highest BCUT2D eigenvalue weighted by molar-refractivity contribution is 7.92. The molecule has 19 heavy (non-hydrogen) atoms. The lowest BCUT2D eigenvalue weighted by atomic mass is 10.2. The van der Waals surface area contributed by atoms with E-state index in [0.717, 1.165) is 0 Å². The van der Waals surface area contributed by atoms with Crippen molar-refractivity contribution in [3.8, 4) is 0 Å². The molecule has 0 aromatic rings. The molecule has 0 aromatic heterocycles. The second-order valence-electron chi connectivity index (χ2n) is 4.26. The van der Waals surface area contributed by atoms with E-state index in [9.17, 15) is 18.0 Å². The van der Waals surface area contributed by atoms with E-state index in [1.165, 1.54) is 13.0 Å². The van der Waals surface area contributed by atoms with Gasteiger partial charge in [0.2, 0.25) is 5.91 Å². The van der Waals surface area contributed by atoms with Gasteiger partial charge in [-0.05, 0) is 19.8 Å². The van der Waals surface area contributed by atoms with Crippen molar-refractivity contribution in [3.63, 3.8) is 0 Å². The van der Waals surface area contributed by atoms with Crippen LogP contribution in [-0.2, 0) is 19.4 Å². The van der Waals surface area contributed by atoms with Crippen LogP contribution >= 0.6 is 0 Å². The number of aliphatic carboxylic acids is 1. The summed E-state index contributed by atoms with van der Waals surface area (Å²) in [4.78, 5) is 21.8. The standard InChI is InChI=1S/C12H21NO5S/c1-3-9-19(17,18)10(2)12(16)13-8-6-4-5-7-11(14)15/h3,10H,1,4-9H2,2H3,(H,13,16)(H,14,15). The molecule has 0 aliphatic rings. The first-order valence-electron chi connectivity index (χ1n) is 6.13. The summed E-state index contributed by atoms with van der Waals surface area (Å²) in [5, 5.41) is 9.87. The van der Waals surface area contributed by atoms with Crippen molar-refractivity contribution in [1.29, 1.82) is 0 Å². The Labute approximate surface area is 113 Å². The molecule has 0 spiro atoms. The Balaban J connectivity index is 3.92. The molecule has 2 N–H and O–H groups in total. The van der Waals surface area contributed by atoms with Gasteiger partial charge in [-0.2, -0.15) is 0 Å². The van der Waals surface area contributed by atoms with Crippen LogP contribution in [-0.4, -0.2) is 42.9 Å². The average molecular weight is 291 g/mol. The molecule has 0 saturated carbocycles. The first kappa shape index (κ1) is 17.6. The summed E-state index contributed by atoms with van der Waals surface area (Å²) < 4.78 is 23.2. The highest BCUT2D eigenvalue weighted by Gasteiger charge is 2.26. The first-order chi connectivity index (χ1) is 8.81. The molecule has 0 bridgehead atoms. The van der Waals surface area contributed by atoms with E-state index in [1.54, 1.807) is 0 Å². The third-order valence-electron chi connectivity index (χ3n) is 2.62. The maximum atomic E-state index is 11.6. The summed E-state index contributed by atoms with van der Waals surface area (Å²) in [6, 6.07) is 0. The highest BCUT2D eigenvalue weighted by Crippen LogP contribution is 2.03. The minimum absolute atomic E-state index is 0.109. The van der Waals surface area contributed by atoms with Crippen molar-refractivity contribution >= 4 is 21.7 Å². The molecule has 1 atom stereocenters. The summed E-state index contributed by atoms with van der Waals surface area (Å²) in [6.07, 6.45) is 3.23. The average Bonchev–Trinajstić information content (AvgIpc) is 2.31. The van der Waals surface area contributed by atoms with Crippen LogP contribution in [0.25, 0.3) is 0 Å². The third-order valence-corrected chi connectivity index (χ3v) is 4.62. The van der Waals surface area contributed by atoms with E-state index in [0.29, 0.717) is 25.8 Å². The number of unbranched alkanes of at least 4 members (excludes halogenated alkanes) is 2. The number of carbonyl (C=O) groups is 2. The minimum Gasteiger partial charge on any atom is -0.481 e. The van der Waals surface area contributed by atoms with E-state index in [4.69, 9.17) is 5.11 Å². The van der Waals surface area contributed by atoms with Crippen LogP contribution in [0.4, 0.5) is 0 Å². The van der Waals surface area contributed by atoms with Crippen LogP contribution in [0, 0.1) is 0 Å². The molecular weight excluding hydrogens is 270 g/mol. The van der Waals surface area contributed by atoms with E-state index in [-0.39, 0.29) is 12.2 Å². The van der Waals surface area contributed by atoms with E-state index >= 15 is 0 Å². The van der Waals surface area contributed by atoms with Gasteiger partial charge < -0.3 is 10.4 Å². The van der Waals surface area contributed by atoms with Gasteiger partial charge in [0.05, 0.1) is 5.75 Å². The lowest BCUT2D eigenvalue weighted by Crippen LogP contribution is -2.39. The molecule has 0 radical (unpaired) electrons. The number of amides is 1. The molecular formula is C12H21NO5S. The molecule has 110 valence electrons. The number of rotatable bonds is 10. The van der Waals surface area contributed by atoms with E-state index in [1.807, 2.05) is 0 Å². The van der Waals surface area contributed by atoms with Crippen LogP contribution in [0.15, 0.2) is 12.7 Å². The van der Waals surface area contributed by atoms with Gasteiger partial charge in [0, 0.05) is 13.0 Å². The molecule has 1 amide bonds. The number of hydrogen-bond acceptors (Lipinski definition) is 4. The zero-order chi connectivity index (χ0) is 14.9. The predicted octanol–water partition coefficient (Wildman–Crippen LogP) is 0.737. The Morgan fingerprint density at radius 1 is 1.32 bits per heavy atom. The zero-order valence-electron chi connectivity index (χ0n) is 11.1. The van der Waals surface area contributed by atoms with Crippen LogP contribution in [0.1, 0.15) is 32.6 Å². The summed E-state index contributed by atoms with van der Waals surface area (Å²) in [7, 11) is -3.48. The van der Waals surface area contributed by atoms with Gasteiger partial charge in [-0.1, -0.05) is 12.5 Å². The van der Waals surface area contributed by atoms with Crippen molar-refractivity contribution in [2.75, 3.05) is 12.3 Å². The smallest absolute Gasteiger partial charge is 0.303 e. The van der Waals surface area contributed by atoms with E-state index in [2.05, 4.69) is 11.9 Å². The second-order valence-corrected chi connectivity index (χ2v) is 6.62. The van der Waals surface area contributed by atoms with Gasteiger partial charge >= 0.3 is 5.97 Å². The molecule has 6 nitrogen and oxygen atoms in total. The highest BCUT2D eigenvalue weighted by atomic mass is 32.2. The van der Waals surface area contributed by atoms with Crippen LogP contribution in [0.3, 0.4) is 0 Å². The lowest BCUT2D eigenvalue weighted by molar-refractivity contribution is -0.137. The summed E-state index contributed by atoms with van der Waals surface area (Å²) in [5.41, 5.74) is 0. The number of carboxylic acids is 1. The molecule has 0 rings (SSSR count). The summed E-state index contributed by atoms with van der Waals surface area (Å²) in [5.74, 6) is -1.59. The normalized spacial score (nSPS) is 12.7. The quantitative estimate of drug-likeness (QED) is 0.456. The van der Waals surface area contributed by atoms with Gasteiger partial charge in [0.1, 0.15) is 5.25 Å². The molecule has 0 aromatic carbocycles. The third kappa shape index (κ3) is 7.61.